The number of hydrogen-bond acceptors (Lipinski definition) is 2. The van der Waals surface area contributed by atoms with Gasteiger partial charge in [0.05, 0.1) is 0 Å². The van der Waals surface area contributed by atoms with E-state index in [1.54, 1.807) is 12.1 Å². The van der Waals surface area contributed by atoms with Gasteiger partial charge in [-0.05, 0) is 69.2 Å². The van der Waals surface area contributed by atoms with Crippen molar-refractivity contribution < 1.29 is 13.9 Å². The predicted molar refractivity (Wildman–Crippen MR) is 101 cm³/mol. The number of benzene rings is 2. The lowest BCUT2D eigenvalue weighted by molar-refractivity contribution is 0.0918. The smallest absolute Gasteiger partial charge is 0.202 e. The molecule has 1 heterocycles. The van der Waals surface area contributed by atoms with Gasteiger partial charge in [-0.15, -0.1) is 0 Å². The van der Waals surface area contributed by atoms with Gasteiger partial charge in [-0.2, -0.15) is 0 Å². The highest BCUT2D eigenvalue weighted by Gasteiger charge is 2.18. The molecule has 0 aliphatic carbocycles. The number of halogens is 1. The first-order valence-corrected chi connectivity index (χ1v) is 8.55. The minimum atomic E-state index is -0.471. The fourth-order valence-electron chi connectivity index (χ4n) is 3.09. The summed E-state index contributed by atoms with van der Waals surface area (Å²) in [6, 6.07) is 14.2. The number of rotatable bonds is 5. The van der Waals surface area contributed by atoms with Crippen molar-refractivity contribution >= 4 is 5.78 Å². The molecule has 0 unspecified atom stereocenters. The van der Waals surface area contributed by atoms with Crippen LogP contribution in [0.1, 0.15) is 32.9 Å². The summed E-state index contributed by atoms with van der Waals surface area (Å²) in [7, 11) is 0. The van der Waals surface area contributed by atoms with E-state index in [2.05, 4.69) is 30.5 Å². The molecule has 2 aromatic carbocycles. The zero-order valence-electron chi connectivity index (χ0n) is 15.5. The Hall–Kier alpha value is -2.88. The molecule has 3 nitrogen and oxygen atoms in total. The molecule has 1 aromatic heterocycles. The van der Waals surface area contributed by atoms with Crippen molar-refractivity contribution in [3.8, 4) is 11.4 Å². The number of ether oxygens (including phenoxy) is 1. The summed E-state index contributed by atoms with van der Waals surface area (Å²) >= 11 is 0. The van der Waals surface area contributed by atoms with Crippen molar-refractivity contribution in [3.63, 3.8) is 0 Å². The first-order valence-electron chi connectivity index (χ1n) is 8.55. The van der Waals surface area contributed by atoms with Crippen LogP contribution in [0.15, 0.2) is 48.5 Å². The zero-order valence-corrected chi connectivity index (χ0v) is 15.5. The molecule has 0 fully saturated rings. The average Bonchev–Trinajstić information content (AvgIpc) is 2.91. The molecule has 0 saturated carbocycles. The summed E-state index contributed by atoms with van der Waals surface area (Å²) in [5, 5.41) is 0. The molecule has 4 heteroatoms. The van der Waals surface area contributed by atoms with Crippen molar-refractivity contribution in [1.82, 2.24) is 4.57 Å². The Balaban J connectivity index is 1.86. The average molecular weight is 351 g/mol. The van der Waals surface area contributed by atoms with Crippen LogP contribution >= 0.6 is 0 Å². The van der Waals surface area contributed by atoms with Crippen LogP contribution in [0.3, 0.4) is 0 Å². The zero-order chi connectivity index (χ0) is 18.8. The van der Waals surface area contributed by atoms with E-state index in [4.69, 9.17) is 4.74 Å². The molecular formula is C22H22FNO2. The minimum Gasteiger partial charge on any atom is -0.482 e. The number of carbonyl (C=O) groups is 1. The van der Waals surface area contributed by atoms with E-state index in [9.17, 15) is 9.18 Å². The van der Waals surface area contributed by atoms with Gasteiger partial charge in [-0.3, -0.25) is 4.79 Å². The number of carbonyl (C=O) groups excluding carboxylic acids is 1. The Kier molecular flexibility index (Phi) is 4.94. The SMILES string of the molecule is Cc1ccc(-n2c(C)cc(C(=O)COc3ccccc3F)c2C)cc1C. The normalized spacial score (nSPS) is 10.8. The van der Waals surface area contributed by atoms with E-state index in [0.29, 0.717) is 5.56 Å². The summed E-state index contributed by atoms with van der Waals surface area (Å²) in [5.74, 6) is -0.554. The number of aromatic nitrogens is 1. The fraction of sp³-hybridized carbons (Fsp3) is 0.227. The number of aryl methyl sites for hydroxylation is 3. The van der Waals surface area contributed by atoms with Gasteiger partial charge in [0, 0.05) is 22.6 Å². The Labute approximate surface area is 153 Å². The van der Waals surface area contributed by atoms with Gasteiger partial charge in [-0.25, -0.2) is 4.39 Å². The van der Waals surface area contributed by atoms with Crippen molar-refractivity contribution in [3.05, 3.63) is 82.4 Å². The van der Waals surface area contributed by atoms with E-state index in [-0.39, 0.29) is 18.1 Å². The molecule has 26 heavy (non-hydrogen) atoms. The van der Waals surface area contributed by atoms with Crippen LogP contribution < -0.4 is 4.74 Å². The van der Waals surface area contributed by atoms with Crippen molar-refractivity contribution in [2.45, 2.75) is 27.7 Å². The molecule has 0 N–H and O–H groups in total. The molecule has 0 amide bonds. The first kappa shape index (κ1) is 17.9. The van der Waals surface area contributed by atoms with Gasteiger partial charge in [0.25, 0.3) is 0 Å². The Morgan fingerprint density at radius 1 is 1.00 bits per heavy atom. The lowest BCUT2D eigenvalue weighted by Crippen LogP contribution is -2.13. The molecule has 3 rings (SSSR count). The third kappa shape index (κ3) is 3.40. The first-order chi connectivity index (χ1) is 12.4. The Morgan fingerprint density at radius 2 is 1.73 bits per heavy atom. The topological polar surface area (TPSA) is 31.2 Å². The maximum Gasteiger partial charge on any atom is 0.202 e. The van der Waals surface area contributed by atoms with Crippen LogP contribution in [-0.4, -0.2) is 17.0 Å². The van der Waals surface area contributed by atoms with Crippen LogP contribution in [-0.2, 0) is 0 Å². The van der Waals surface area contributed by atoms with Crippen LogP contribution in [0.2, 0.25) is 0 Å². The van der Waals surface area contributed by atoms with E-state index in [1.807, 2.05) is 26.0 Å². The molecule has 0 saturated heterocycles. The third-order valence-electron chi connectivity index (χ3n) is 4.68. The maximum atomic E-state index is 13.6. The van der Waals surface area contributed by atoms with Crippen LogP contribution in [0.25, 0.3) is 5.69 Å². The summed E-state index contributed by atoms with van der Waals surface area (Å²) < 4.78 is 21.1. The van der Waals surface area contributed by atoms with Crippen LogP contribution in [0, 0.1) is 33.5 Å². The second kappa shape index (κ2) is 7.16. The Bertz CT molecular complexity index is 972. The van der Waals surface area contributed by atoms with Gasteiger partial charge >= 0.3 is 0 Å². The van der Waals surface area contributed by atoms with E-state index < -0.39 is 5.82 Å². The molecule has 0 aliphatic heterocycles. The summed E-state index contributed by atoms with van der Waals surface area (Å²) in [6.45, 7) is 7.83. The molecule has 0 aliphatic rings. The second-order valence-electron chi connectivity index (χ2n) is 6.53. The van der Waals surface area contributed by atoms with Gasteiger partial charge in [0.1, 0.15) is 0 Å². The monoisotopic (exact) mass is 351 g/mol. The molecule has 3 aromatic rings. The van der Waals surface area contributed by atoms with E-state index >= 15 is 0 Å². The highest BCUT2D eigenvalue weighted by molar-refractivity contribution is 5.98. The number of hydrogen-bond donors (Lipinski definition) is 0. The number of nitrogens with zero attached hydrogens (tertiary/aromatic N) is 1. The summed E-state index contributed by atoms with van der Waals surface area (Å²) in [6.07, 6.45) is 0. The molecule has 0 radical (unpaired) electrons. The standard InChI is InChI=1S/C22H22FNO2/c1-14-9-10-18(11-15(14)2)24-16(3)12-19(17(24)4)21(25)13-26-22-8-6-5-7-20(22)23/h5-12H,13H2,1-4H3. The van der Waals surface area contributed by atoms with Gasteiger partial charge in [-0.1, -0.05) is 18.2 Å². The van der Waals surface area contributed by atoms with E-state index in [1.165, 1.54) is 23.3 Å². The largest absolute Gasteiger partial charge is 0.482 e. The third-order valence-corrected chi connectivity index (χ3v) is 4.68. The van der Waals surface area contributed by atoms with Crippen LogP contribution in [0.4, 0.5) is 4.39 Å². The van der Waals surface area contributed by atoms with Gasteiger partial charge < -0.3 is 9.30 Å². The minimum absolute atomic E-state index is 0.0869. The fourth-order valence-corrected chi connectivity index (χ4v) is 3.09. The summed E-state index contributed by atoms with van der Waals surface area (Å²) in [4.78, 5) is 12.6. The molecule has 0 bridgehead atoms. The van der Waals surface area contributed by atoms with Gasteiger partial charge in [0.2, 0.25) is 5.78 Å². The molecule has 0 atom stereocenters. The molecular weight excluding hydrogens is 329 g/mol. The highest BCUT2D eigenvalue weighted by atomic mass is 19.1. The highest BCUT2D eigenvalue weighted by Crippen LogP contribution is 2.23. The molecule has 134 valence electrons. The lowest BCUT2D eigenvalue weighted by atomic mass is 10.1. The van der Waals surface area contributed by atoms with E-state index in [0.717, 1.165) is 17.1 Å². The van der Waals surface area contributed by atoms with Crippen molar-refractivity contribution in [1.29, 1.82) is 0 Å². The van der Waals surface area contributed by atoms with Gasteiger partial charge in [0.15, 0.2) is 18.2 Å². The number of para-hydroxylation sites is 1. The predicted octanol–water partition coefficient (Wildman–Crippen LogP) is 5.11. The molecule has 0 spiro atoms. The van der Waals surface area contributed by atoms with Crippen molar-refractivity contribution in [2.24, 2.45) is 0 Å². The second-order valence-corrected chi connectivity index (χ2v) is 6.53. The summed E-state index contributed by atoms with van der Waals surface area (Å²) in [5.41, 5.74) is 5.87. The maximum absolute atomic E-state index is 13.6. The van der Waals surface area contributed by atoms with Crippen LogP contribution in [0.5, 0.6) is 5.75 Å². The van der Waals surface area contributed by atoms with Crippen molar-refractivity contribution in [2.75, 3.05) is 6.61 Å². The Morgan fingerprint density at radius 3 is 2.42 bits per heavy atom. The number of ketones is 1. The number of Topliss-reactive ketones (excluding diaryl/α,β-unsaturated/α-hetero) is 1. The quantitative estimate of drug-likeness (QED) is 0.598. The lowest BCUT2D eigenvalue weighted by Gasteiger charge is -2.12.